The van der Waals surface area contributed by atoms with E-state index >= 15 is 0 Å². The zero-order chi connectivity index (χ0) is 16.9. The molecule has 1 N–H and O–H groups in total. The van der Waals surface area contributed by atoms with Crippen LogP contribution in [-0.2, 0) is 23.8 Å². The molecule has 0 unspecified atom stereocenters. The summed E-state index contributed by atoms with van der Waals surface area (Å²) in [6.45, 7) is 7.77. The molecule has 0 fully saturated rings. The van der Waals surface area contributed by atoms with Gasteiger partial charge >= 0.3 is 18.0 Å². The standard InChI is InChI=1S/C15H23NO6/c1-9(17)20-12-8-6-7-11(13(12)21-10(2)18)16-14(19)22-15(3,4)5/h6,8,11-13H,7H2,1-5H3,(H,16,19)/t11-,12+,13-/m1/s1. The average molecular weight is 313 g/mol. The lowest BCUT2D eigenvalue weighted by Gasteiger charge is -2.34. The molecule has 124 valence electrons. The number of ether oxygens (including phenoxy) is 3. The Morgan fingerprint density at radius 3 is 2.18 bits per heavy atom. The maximum absolute atomic E-state index is 11.9. The van der Waals surface area contributed by atoms with E-state index in [9.17, 15) is 14.4 Å². The molecule has 0 aromatic heterocycles. The smallest absolute Gasteiger partial charge is 0.408 e. The van der Waals surface area contributed by atoms with Crippen LogP contribution in [0.2, 0.25) is 0 Å². The molecule has 7 nitrogen and oxygen atoms in total. The molecule has 1 rings (SSSR count). The van der Waals surface area contributed by atoms with Crippen molar-refractivity contribution < 1.29 is 28.6 Å². The highest BCUT2D eigenvalue weighted by atomic mass is 16.6. The summed E-state index contributed by atoms with van der Waals surface area (Å²) in [6, 6.07) is -0.534. The number of carbonyl (C=O) groups is 3. The summed E-state index contributed by atoms with van der Waals surface area (Å²) in [6.07, 6.45) is 1.69. The van der Waals surface area contributed by atoms with Crippen molar-refractivity contribution in [3.05, 3.63) is 12.2 Å². The molecule has 3 atom stereocenters. The fourth-order valence-corrected chi connectivity index (χ4v) is 2.07. The summed E-state index contributed by atoms with van der Waals surface area (Å²) in [5.74, 6) is -1.02. The van der Waals surface area contributed by atoms with E-state index in [2.05, 4.69) is 5.32 Å². The van der Waals surface area contributed by atoms with Gasteiger partial charge in [0.2, 0.25) is 0 Å². The second kappa shape index (κ2) is 7.29. The molecule has 0 saturated carbocycles. The molecule has 0 radical (unpaired) electrons. The Labute approximate surface area is 130 Å². The van der Waals surface area contributed by atoms with Gasteiger partial charge in [0.25, 0.3) is 0 Å². The van der Waals surface area contributed by atoms with Crippen LogP contribution in [-0.4, -0.2) is 41.9 Å². The van der Waals surface area contributed by atoms with Crippen LogP contribution in [0.5, 0.6) is 0 Å². The van der Waals surface area contributed by atoms with Gasteiger partial charge in [-0.25, -0.2) is 4.79 Å². The number of hydrogen-bond donors (Lipinski definition) is 1. The van der Waals surface area contributed by atoms with Gasteiger partial charge in [-0.15, -0.1) is 0 Å². The molecule has 1 amide bonds. The lowest BCUT2D eigenvalue weighted by atomic mass is 9.95. The van der Waals surface area contributed by atoms with Crippen LogP contribution >= 0.6 is 0 Å². The Bertz CT molecular complexity index is 465. The van der Waals surface area contributed by atoms with E-state index in [0.29, 0.717) is 6.42 Å². The van der Waals surface area contributed by atoms with Crippen molar-refractivity contribution in [2.24, 2.45) is 0 Å². The van der Waals surface area contributed by atoms with Crippen molar-refractivity contribution in [3.63, 3.8) is 0 Å². The summed E-state index contributed by atoms with van der Waals surface area (Å²) in [5, 5.41) is 2.65. The second-order valence-electron chi connectivity index (χ2n) is 6.06. The fraction of sp³-hybridized carbons (Fsp3) is 0.667. The first-order valence-electron chi connectivity index (χ1n) is 7.09. The Balaban J connectivity index is 2.81. The molecule has 22 heavy (non-hydrogen) atoms. The van der Waals surface area contributed by atoms with Crippen LogP contribution in [0, 0.1) is 0 Å². The molecule has 0 saturated heterocycles. The third kappa shape index (κ3) is 6.15. The van der Waals surface area contributed by atoms with Gasteiger partial charge in [0, 0.05) is 13.8 Å². The van der Waals surface area contributed by atoms with Gasteiger partial charge in [0.1, 0.15) is 5.60 Å². The fourth-order valence-electron chi connectivity index (χ4n) is 2.07. The number of amides is 1. The molecular formula is C15H23NO6. The monoisotopic (exact) mass is 313 g/mol. The predicted molar refractivity (Wildman–Crippen MR) is 78.0 cm³/mol. The normalized spacial score (nSPS) is 24.3. The van der Waals surface area contributed by atoms with Crippen molar-refractivity contribution >= 4 is 18.0 Å². The Hall–Kier alpha value is -2.05. The molecular weight excluding hydrogens is 290 g/mol. The third-order valence-corrected chi connectivity index (χ3v) is 2.74. The number of hydrogen-bond acceptors (Lipinski definition) is 6. The molecule has 0 bridgehead atoms. The maximum Gasteiger partial charge on any atom is 0.408 e. The van der Waals surface area contributed by atoms with E-state index in [1.165, 1.54) is 13.8 Å². The van der Waals surface area contributed by atoms with Gasteiger partial charge in [0.15, 0.2) is 12.2 Å². The molecule has 1 aliphatic rings. The highest BCUT2D eigenvalue weighted by Crippen LogP contribution is 2.20. The molecule has 1 aliphatic carbocycles. The molecule has 0 heterocycles. The van der Waals surface area contributed by atoms with Crippen molar-refractivity contribution in [1.29, 1.82) is 0 Å². The minimum Gasteiger partial charge on any atom is -0.456 e. The SMILES string of the molecule is CC(=O)O[C@H]1[C@@H](OC(C)=O)C=CC[C@H]1NC(=O)OC(C)(C)C. The highest BCUT2D eigenvalue weighted by molar-refractivity contribution is 5.69. The zero-order valence-electron chi connectivity index (χ0n) is 13.5. The van der Waals surface area contributed by atoms with Crippen LogP contribution < -0.4 is 5.32 Å². The predicted octanol–water partition coefficient (Wildman–Crippen LogP) is 1.70. The first-order valence-corrected chi connectivity index (χ1v) is 7.09. The van der Waals surface area contributed by atoms with Crippen molar-refractivity contribution in [1.82, 2.24) is 5.32 Å². The summed E-state index contributed by atoms with van der Waals surface area (Å²) in [5.41, 5.74) is -0.638. The van der Waals surface area contributed by atoms with Crippen LogP contribution in [0.3, 0.4) is 0 Å². The lowest BCUT2D eigenvalue weighted by Crippen LogP contribution is -2.53. The van der Waals surface area contributed by atoms with E-state index in [1.54, 1.807) is 32.9 Å². The molecule has 0 spiro atoms. The number of carbonyl (C=O) groups excluding carboxylic acids is 3. The topological polar surface area (TPSA) is 90.9 Å². The van der Waals surface area contributed by atoms with Gasteiger partial charge in [-0.3, -0.25) is 9.59 Å². The Kier molecular flexibility index (Phi) is 5.96. The van der Waals surface area contributed by atoms with Gasteiger partial charge < -0.3 is 19.5 Å². The largest absolute Gasteiger partial charge is 0.456 e. The number of nitrogens with one attached hydrogen (secondary N) is 1. The summed E-state index contributed by atoms with van der Waals surface area (Å²) in [7, 11) is 0. The first-order chi connectivity index (χ1) is 10.1. The van der Waals surface area contributed by atoms with Crippen molar-refractivity contribution in [2.45, 2.75) is 64.9 Å². The first kappa shape index (κ1) is 18.0. The molecule has 7 heteroatoms. The van der Waals surface area contributed by atoms with Crippen molar-refractivity contribution in [2.75, 3.05) is 0 Å². The van der Waals surface area contributed by atoms with Crippen LogP contribution in [0.15, 0.2) is 12.2 Å². The van der Waals surface area contributed by atoms with Crippen LogP contribution in [0.4, 0.5) is 4.79 Å². The van der Waals surface area contributed by atoms with E-state index in [0.717, 1.165) is 0 Å². The van der Waals surface area contributed by atoms with E-state index in [-0.39, 0.29) is 0 Å². The molecule has 0 aromatic carbocycles. The van der Waals surface area contributed by atoms with Gasteiger partial charge in [0.05, 0.1) is 6.04 Å². The Morgan fingerprint density at radius 1 is 1.09 bits per heavy atom. The number of rotatable bonds is 3. The number of esters is 2. The highest BCUT2D eigenvalue weighted by Gasteiger charge is 2.37. The van der Waals surface area contributed by atoms with Crippen LogP contribution in [0.1, 0.15) is 41.0 Å². The van der Waals surface area contributed by atoms with Gasteiger partial charge in [-0.1, -0.05) is 6.08 Å². The van der Waals surface area contributed by atoms with Gasteiger partial charge in [-0.2, -0.15) is 0 Å². The zero-order valence-corrected chi connectivity index (χ0v) is 13.5. The van der Waals surface area contributed by atoms with E-state index in [4.69, 9.17) is 14.2 Å². The van der Waals surface area contributed by atoms with E-state index < -0.39 is 41.9 Å². The third-order valence-electron chi connectivity index (χ3n) is 2.74. The summed E-state index contributed by atoms with van der Waals surface area (Å²) in [4.78, 5) is 34.3. The van der Waals surface area contributed by atoms with E-state index in [1.807, 2.05) is 0 Å². The minimum absolute atomic E-state index is 0.439. The Morgan fingerprint density at radius 2 is 1.68 bits per heavy atom. The quantitative estimate of drug-likeness (QED) is 0.484. The van der Waals surface area contributed by atoms with Crippen molar-refractivity contribution in [3.8, 4) is 0 Å². The molecule has 0 aliphatic heterocycles. The second-order valence-corrected chi connectivity index (χ2v) is 6.06. The lowest BCUT2D eigenvalue weighted by molar-refractivity contribution is -0.164. The van der Waals surface area contributed by atoms with Gasteiger partial charge in [-0.05, 0) is 33.3 Å². The average Bonchev–Trinajstić information content (AvgIpc) is 2.29. The summed E-state index contributed by atoms with van der Waals surface area (Å²) >= 11 is 0. The number of alkyl carbamates (subject to hydrolysis) is 1. The minimum atomic E-state index is -0.793. The maximum atomic E-state index is 11.9. The molecule has 0 aromatic rings. The summed E-state index contributed by atoms with van der Waals surface area (Å²) < 4.78 is 15.5. The van der Waals surface area contributed by atoms with Crippen LogP contribution in [0.25, 0.3) is 0 Å².